The molecule has 1 amide bonds. The number of hydrogen-bond acceptors (Lipinski definition) is 5. The summed E-state index contributed by atoms with van der Waals surface area (Å²) in [4.78, 5) is 40.7. The van der Waals surface area contributed by atoms with E-state index in [4.69, 9.17) is 10.5 Å². The topological polar surface area (TPSA) is 110 Å². The standard InChI is InChI=1S/C20H28N4O4/c1-5-7-8-24-18(21)17(19(26)22-20(24)27)23(6-2)16(25)12-28-15-10-13(3)9-14(4)11-15/h9-11H,5-8,12,21H2,1-4H3,(H,22,26,27). The molecule has 0 saturated heterocycles. The van der Waals surface area contributed by atoms with Crippen LogP contribution in [0.25, 0.3) is 0 Å². The van der Waals surface area contributed by atoms with Crippen LogP contribution < -0.4 is 26.6 Å². The van der Waals surface area contributed by atoms with Crippen molar-refractivity contribution in [1.29, 1.82) is 0 Å². The summed E-state index contributed by atoms with van der Waals surface area (Å²) in [6.07, 6.45) is 1.59. The number of anilines is 2. The first-order valence-corrected chi connectivity index (χ1v) is 9.42. The Morgan fingerprint density at radius 3 is 2.39 bits per heavy atom. The fourth-order valence-electron chi connectivity index (χ4n) is 3.07. The van der Waals surface area contributed by atoms with Gasteiger partial charge in [-0.15, -0.1) is 0 Å². The molecule has 0 unspecified atom stereocenters. The van der Waals surface area contributed by atoms with Gasteiger partial charge in [-0.3, -0.25) is 19.1 Å². The second-order valence-corrected chi connectivity index (χ2v) is 6.75. The lowest BCUT2D eigenvalue weighted by Crippen LogP contribution is -2.42. The van der Waals surface area contributed by atoms with E-state index in [2.05, 4.69) is 4.98 Å². The van der Waals surface area contributed by atoms with Crippen LogP contribution in [0.4, 0.5) is 11.5 Å². The summed E-state index contributed by atoms with van der Waals surface area (Å²) in [5.74, 6) is 0.153. The molecular formula is C20H28N4O4. The molecule has 28 heavy (non-hydrogen) atoms. The number of hydrogen-bond donors (Lipinski definition) is 2. The monoisotopic (exact) mass is 388 g/mol. The zero-order valence-corrected chi connectivity index (χ0v) is 16.9. The van der Waals surface area contributed by atoms with Gasteiger partial charge in [0.25, 0.3) is 11.5 Å². The molecule has 2 aromatic rings. The Morgan fingerprint density at radius 2 is 1.82 bits per heavy atom. The summed E-state index contributed by atoms with van der Waals surface area (Å²) >= 11 is 0. The number of aromatic nitrogens is 2. The average Bonchev–Trinajstić information content (AvgIpc) is 2.62. The summed E-state index contributed by atoms with van der Waals surface area (Å²) in [6.45, 7) is 7.95. The maximum Gasteiger partial charge on any atom is 0.330 e. The average molecular weight is 388 g/mol. The molecule has 0 aliphatic heterocycles. The van der Waals surface area contributed by atoms with Crippen LogP contribution in [-0.2, 0) is 11.3 Å². The first kappa shape index (κ1) is 21.3. The largest absolute Gasteiger partial charge is 0.484 e. The number of carbonyl (C=O) groups is 1. The van der Waals surface area contributed by atoms with E-state index in [0.29, 0.717) is 12.3 Å². The molecule has 0 aliphatic carbocycles. The highest BCUT2D eigenvalue weighted by Gasteiger charge is 2.23. The van der Waals surface area contributed by atoms with Crippen LogP contribution in [0.3, 0.4) is 0 Å². The van der Waals surface area contributed by atoms with Gasteiger partial charge in [0.2, 0.25) is 0 Å². The van der Waals surface area contributed by atoms with E-state index in [1.165, 1.54) is 9.47 Å². The highest BCUT2D eigenvalue weighted by atomic mass is 16.5. The van der Waals surface area contributed by atoms with Crippen molar-refractivity contribution in [1.82, 2.24) is 9.55 Å². The summed E-state index contributed by atoms with van der Waals surface area (Å²) in [6, 6.07) is 5.68. The zero-order chi connectivity index (χ0) is 20.8. The molecule has 152 valence electrons. The number of nitrogens with one attached hydrogen (secondary N) is 1. The number of ether oxygens (including phenoxy) is 1. The molecule has 1 heterocycles. The molecule has 0 aliphatic rings. The molecule has 0 bridgehead atoms. The number of likely N-dealkylation sites (N-methyl/N-ethyl adjacent to an activating group) is 1. The Bertz CT molecular complexity index is 941. The highest BCUT2D eigenvalue weighted by molar-refractivity contribution is 5.96. The number of nitrogens with two attached hydrogens (primary N) is 1. The van der Waals surface area contributed by atoms with Gasteiger partial charge in [0, 0.05) is 13.1 Å². The second-order valence-electron chi connectivity index (χ2n) is 6.75. The number of amides is 1. The molecular weight excluding hydrogens is 360 g/mol. The summed E-state index contributed by atoms with van der Waals surface area (Å²) in [5, 5.41) is 0. The van der Waals surface area contributed by atoms with Gasteiger partial charge in [-0.1, -0.05) is 19.4 Å². The number of aryl methyl sites for hydroxylation is 2. The summed E-state index contributed by atoms with van der Waals surface area (Å²) in [7, 11) is 0. The van der Waals surface area contributed by atoms with E-state index in [-0.39, 0.29) is 24.7 Å². The van der Waals surface area contributed by atoms with Crippen molar-refractivity contribution in [2.24, 2.45) is 0 Å². The van der Waals surface area contributed by atoms with Crippen LogP contribution in [0.2, 0.25) is 0 Å². The molecule has 0 atom stereocenters. The van der Waals surface area contributed by atoms with Crippen molar-refractivity contribution in [3.05, 3.63) is 50.2 Å². The Balaban J connectivity index is 2.29. The number of aromatic amines is 1. The van der Waals surface area contributed by atoms with E-state index in [1.807, 2.05) is 39.0 Å². The number of H-pyrrole nitrogens is 1. The number of nitrogen functional groups attached to an aromatic ring is 1. The number of rotatable bonds is 8. The van der Waals surface area contributed by atoms with Gasteiger partial charge in [-0.05, 0) is 50.5 Å². The predicted molar refractivity (Wildman–Crippen MR) is 110 cm³/mol. The Morgan fingerprint density at radius 1 is 1.18 bits per heavy atom. The lowest BCUT2D eigenvalue weighted by molar-refractivity contribution is -0.120. The molecule has 0 saturated carbocycles. The minimum Gasteiger partial charge on any atom is -0.484 e. The molecule has 0 spiro atoms. The minimum atomic E-state index is -0.683. The third-order valence-corrected chi connectivity index (χ3v) is 4.39. The molecule has 1 aromatic carbocycles. The van der Waals surface area contributed by atoms with Gasteiger partial charge in [-0.25, -0.2) is 4.79 Å². The molecule has 0 radical (unpaired) electrons. The zero-order valence-electron chi connectivity index (χ0n) is 16.9. The number of nitrogens with zero attached hydrogens (tertiary/aromatic N) is 2. The Kier molecular flexibility index (Phi) is 7.03. The maximum absolute atomic E-state index is 12.7. The van der Waals surface area contributed by atoms with Crippen molar-refractivity contribution < 1.29 is 9.53 Å². The molecule has 3 N–H and O–H groups in total. The SMILES string of the molecule is CCCCn1c(N)c(N(CC)C(=O)COc2cc(C)cc(C)c2)c(=O)[nH]c1=O. The number of unbranched alkanes of at least 4 members (excludes halogenated alkanes) is 1. The smallest absolute Gasteiger partial charge is 0.330 e. The summed E-state index contributed by atoms with van der Waals surface area (Å²) < 4.78 is 6.91. The van der Waals surface area contributed by atoms with Gasteiger partial charge in [-0.2, -0.15) is 0 Å². The molecule has 8 heteroatoms. The Hall–Kier alpha value is -3.03. The van der Waals surface area contributed by atoms with Crippen LogP contribution in [0.5, 0.6) is 5.75 Å². The first-order chi connectivity index (χ1) is 13.3. The first-order valence-electron chi connectivity index (χ1n) is 9.42. The second kappa shape index (κ2) is 9.25. The lowest BCUT2D eigenvalue weighted by Gasteiger charge is -2.23. The number of carbonyl (C=O) groups excluding carboxylic acids is 1. The normalized spacial score (nSPS) is 10.7. The van der Waals surface area contributed by atoms with Crippen LogP contribution in [0.1, 0.15) is 37.8 Å². The lowest BCUT2D eigenvalue weighted by atomic mass is 10.1. The van der Waals surface area contributed by atoms with Crippen molar-refractivity contribution in [3.63, 3.8) is 0 Å². The van der Waals surface area contributed by atoms with E-state index >= 15 is 0 Å². The van der Waals surface area contributed by atoms with Crippen LogP contribution >= 0.6 is 0 Å². The van der Waals surface area contributed by atoms with Crippen LogP contribution in [-0.4, -0.2) is 28.6 Å². The molecule has 8 nitrogen and oxygen atoms in total. The van der Waals surface area contributed by atoms with Gasteiger partial charge < -0.3 is 15.4 Å². The highest BCUT2D eigenvalue weighted by Crippen LogP contribution is 2.19. The van der Waals surface area contributed by atoms with Gasteiger partial charge in [0.05, 0.1) is 0 Å². The van der Waals surface area contributed by atoms with E-state index in [1.54, 1.807) is 6.92 Å². The van der Waals surface area contributed by atoms with Crippen LogP contribution in [0.15, 0.2) is 27.8 Å². The quantitative estimate of drug-likeness (QED) is 0.718. The van der Waals surface area contributed by atoms with Gasteiger partial charge in [0.15, 0.2) is 12.3 Å². The fraction of sp³-hybridized carbons (Fsp3) is 0.450. The molecule has 2 rings (SSSR count). The van der Waals surface area contributed by atoms with Crippen LogP contribution in [0, 0.1) is 13.8 Å². The minimum absolute atomic E-state index is 0.0104. The molecule has 1 aromatic heterocycles. The van der Waals surface area contributed by atoms with Crippen molar-refractivity contribution in [2.75, 3.05) is 23.8 Å². The third kappa shape index (κ3) is 4.82. The molecule has 0 fully saturated rings. The maximum atomic E-state index is 12.7. The van der Waals surface area contributed by atoms with E-state index in [9.17, 15) is 14.4 Å². The van der Waals surface area contributed by atoms with Crippen molar-refractivity contribution >= 4 is 17.4 Å². The Labute approximate surface area is 163 Å². The van der Waals surface area contributed by atoms with Gasteiger partial charge >= 0.3 is 5.69 Å². The van der Waals surface area contributed by atoms with Crippen molar-refractivity contribution in [2.45, 2.75) is 47.1 Å². The van der Waals surface area contributed by atoms with Crippen molar-refractivity contribution in [3.8, 4) is 5.75 Å². The van der Waals surface area contributed by atoms with E-state index in [0.717, 1.165) is 24.0 Å². The third-order valence-electron chi connectivity index (χ3n) is 4.39. The van der Waals surface area contributed by atoms with Gasteiger partial charge in [0.1, 0.15) is 11.6 Å². The fourth-order valence-corrected chi connectivity index (χ4v) is 3.07. The summed E-state index contributed by atoms with van der Waals surface area (Å²) in [5.41, 5.74) is 6.87. The van der Waals surface area contributed by atoms with E-state index < -0.39 is 17.2 Å². The predicted octanol–water partition coefficient (Wildman–Crippen LogP) is 1.97. The number of benzene rings is 1.